The number of hydrogen-bond acceptors (Lipinski definition) is 4. The summed E-state index contributed by atoms with van der Waals surface area (Å²) in [6.07, 6.45) is 1.54. The number of hydrogen-bond donors (Lipinski definition) is 1. The van der Waals surface area contributed by atoms with E-state index >= 15 is 0 Å². The van der Waals surface area contributed by atoms with Crippen LogP contribution < -0.4 is 0 Å². The summed E-state index contributed by atoms with van der Waals surface area (Å²) in [5.41, 5.74) is 2.84. The van der Waals surface area contributed by atoms with Gasteiger partial charge in [-0.25, -0.2) is 4.68 Å². The molecule has 0 saturated heterocycles. The van der Waals surface area contributed by atoms with Crippen LogP contribution in [-0.4, -0.2) is 25.3 Å². The first-order valence-corrected chi connectivity index (χ1v) is 4.25. The van der Waals surface area contributed by atoms with E-state index in [1.807, 2.05) is 25.1 Å². The molecule has 2 rings (SSSR count). The van der Waals surface area contributed by atoms with Gasteiger partial charge in [0.25, 0.3) is 0 Å². The van der Waals surface area contributed by atoms with Gasteiger partial charge in [0.05, 0.1) is 12.3 Å². The summed E-state index contributed by atoms with van der Waals surface area (Å²) in [4.78, 5) is 0. The molecule has 0 fully saturated rings. The third-order valence-electron chi connectivity index (χ3n) is 2.04. The first-order chi connectivity index (χ1) is 6.81. The number of aliphatic hydroxyl groups excluding tert-OH is 1. The third kappa shape index (κ3) is 1.49. The summed E-state index contributed by atoms with van der Waals surface area (Å²) in [7, 11) is 0. The second-order valence-corrected chi connectivity index (χ2v) is 3.03. The largest absolute Gasteiger partial charge is 0.392 e. The van der Waals surface area contributed by atoms with Crippen molar-refractivity contribution in [2.45, 2.75) is 13.5 Å². The molecule has 0 aliphatic carbocycles. The van der Waals surface area contributed by atoms with Crippen LogP contribution >= 0.6 is 0 Å². The van der Waals surface area contributed by atoms with Crippen LogP contribution in [0.25, 0.3) is 5.69 Å². The minimum Gasteiger partial charge on any atom is -0.392 e. The van der Waals surface area contributed by atoms with Crippen molar-refractivity contribution in [2.24, 2.45) is 0 Å². The Hall–Kier alpha value is -1.75. The molecule has 0 atom stereocenters. The number of nitrogens with zero attached hydrogens (tertiary/aromatic N) is 4. The first kappa shape index (κ1) is 8.83. The van der Waals surface area contributed by atoms with Gasteiger partial charge in [-0.3, -0.25) is 0 Å². The van der Waals surface area contributed by atoms with Crippen LogP contribution in [0.4, 0.5) is 0 Å². The fourth-order valence-electron chi connectivity index (χ4n) is 1.34. The maximum atomic E-state index is 8.94. The molecule has 14 heavy (non-hydrogen) atoms. The molecule has 0 radical (unpaired) electrons. The van der Waals surface area contributed by atoms with Gasteiger partial charge in [0.1, 0.15) is 6.33 Å². The zero-order valence-electron chi connectivity index (χ0n) is 7.75. The Balaban J connectivity index is 2.46. The molecule has 0 bridgehead atoms. The lowest BCUT2D eigenvalue weighted by atomic mass is 10.1. The number of tetrazole rings is 1. The van der Waals surface area contributed by atoms with Gasteiger partial charge in [-0.15, -0.1) is 5.10 Å². The summed E-state index contributed by atoms with van der Waals surface area (Å²) in [5, 5.41) is 19.9. The Morgan fingerprint density at radius 3 is 2.86 bits per heavy atom. The minimum absolute atomic E-state index is 0.0523. The SMILES string of the molecule is Cc1cc(CO)ccc1-n1cnnn1. The molecule has 1 aromatic heterocycles. The number of aryl methyl sites for hydroxylation is 1. The second-order valence-electron chi connectivity index (χ2n) is 3.03. The van der Waals surface area contributed by atoms with E-state index < -0.39 is 0 Å². The van der Waals surface area contributed by atoms with Crippen molar-refractivity contribution >= 4 is 0 Å². The predicted octanol–water partition coefficient (Wildman–Crippen LogP) is 0.463. The minimum atomic E-state index is 0.0523. The summed E-state index contributed by atoms with van der Waals surface area (Å²) in [6.45, 7) is 2.01. The van der Waals surface area contributed by atoms with Crippen molar-refractivity contribution in [3.8, 4) is 5.69 Å². The molecule has 0 aliphatic heterocycles. The molecule has 0 unspecified atom stereocenters. The molecule has 1 N–H and O–H groups in total. The van der Waals surface area contributed by atoms with E-state index in [1.165, 1.54) is 0 Å². The molecule has 0 amide bonds. The summed E-state index contributed by atoms with van der Waals surface area (Å²) in [5.74, 6) is 0. The Labute approximate surface area is 81.0 Å². The van der Waals surface area contributed by atoms with Crippen molar-refractivity contribution in [1.82, 2.24) is 20.2 Å². The fraction of sp³-hybridized carbons (Fsp3) is 0.222. The van der Waals surface area contributed by atoms with E-state index in [0.717, 1.165) is 16.8 Å². The highest BCUT2D eigenvalue weighted by molar-refractivity contribution is 5.41. The van der Waals surface area contributed by atoms with Crippen LogP contribution in [0.1, 0.15) is 11.1 Å². The van der Waals surface area contributed by atoms with E-state index in [9.17, 15) is 0 Å². The van der Waals surface area contributed by atoms with Crippen molar-refractivity contribution in [1.29, 1.82) is 0 Å². The van der Waals surface area contributed by atoms with Crippen molar-refractivity contribution in [3.63, 3.8) is 0 Å². The molecule has 1 heterocycles. The second kappa shape index (κ2) is 3.55. The standard InChI is InChI=1S/C9H10N4O/c1-7-4-8(5-14)2-3-9(7)13-6-10-11-12-13/h2-4,6,14H,5H2,1H3. The van der Waals surface area contributed by atoms with Gasteiger partial charge < -0.3 is 5.11 Å². The molecule has 5 nitrogen and oxygen atoms in total. The Morgan fingerprint density at radius 2 is 2.29 bits per heavy atom. The summed E-state index contributed by atoms with van der Waals surface area (Å²) >= 11 is 0. The van der Waals surface area contributed by atoms with Crippen LogP contribution in [0.15, 0.2) is 24.5 Å². The molecule has 72 valence electrons. The van der Waals surface area contributed by atoms with E-state index in [4.69, 9.17) is 5.11 Å². The Morgan fingerprint density at radius 1 is 1.43 bits per heavy atom. The number of rotatable bonds is 2. The Bertz CT molecular complexity index is 424. The average molecular weight is 190 g/mol. The molecular weight excluding hydrogens is 180 g/mol. The monoisotopic (exact) mass is 190 g/mol. The van der Waals surface area contributed by atoms with Gasteiger partial charge in [-0.2, -0.15) is 0 Å². The molecule has 0 aliphatic rings. The van der Waals surface area contributed by atoms with Gasteiger partial charge >= 0.3 is 0 Å². The van der Waals surface area contributed by atoms with Crippen LogP contribution in [0.5, 0.6) is 0 Å². The van der Waals surface area contributed by atoms with Crippen LogP contribution in [0.2, 0.25) is 0 Å². The molecule has 0 saturated carbocycles. The van der Waals surface area contributed by atoms with Gasteiger partial charge in [-0.05, 0) is 34.5 Å². The molecule has 1 aromatic carbocycles. The molecular formula is C9H10N4O. The zero-order chi connectivity index (χ0) is 9.97. The fourth-order valence-corrected chi connectivity index (χ4v) is 1.34. The van der Waals surface area contributed by atoms with Gasteiger partial charge in [-0.1, -0.05) is 12.1 Å². The number of aromatic nitrogens is 4. The highest BCUT2D eigenvalue weighted by Crippen LogP contribution is 2.13. The topological polar surface area (TPSA) is 63.8 Å². The average Bonchev–Trinajstić information content (AvgIpc) is 2.70. The lowest BCUT2D eigenvalue weighted by Crippen LogP contribution is -1.98. The van der Waals surface area contributed by atoms with Crippen LogP contribution in [-0.2, 0) is 6.61 Å². The van der Waals surface area contributed by atoms with Crippen molar-refractivity contribution in [2.75, 3.05) is 0 Å². The van der Waals surface area contributed by atoms with E-state index in [-0.39, 0.29) is 6.61 Å². The highest BCUT2D eigenvalue weighted by Gasteiger charge is 2.02. The lowest BCUT2D eigenvalue weighted by molar-refractivity contribution is 0.282. The smallest absolute Gasteiger partial charge is 0.143 e. The van der Waals surface area contributed by atoms with Crippen LogP contribution in [0.3, 0.4) is 0 Å². The lowest BCUT2D eigenvalue weighted by Gasteiger charge is -2.05. The number of benzene rings is 1. The first-order valence-electron chi connectivity index (χ1n) is 4.25. The van der Waals surface area contributed by atoms with E-state index in [0.29, 0.717) is 0 Å². The number of aliphatic hydroxyl groups is 1. The van der Waals surface area contributed by atoms with Gasteiger partial charge in [0.2, 0.25) is 0 Å². The van der Waals surface area contributed by atoms with E-state index in [1.54, 1.807) is 11.0 Å². The van der Waals surface area contributed by atoms with Gasteiger partial charge in [0.15, 0.2) is 0 Å². The van der Waals surface area contributed by atoms with E-state index in [2.05, 4.69) is 15.5 Å². The van der Waals surface area contributed by atoms with Crippen molar-refractivity contribution in [3.05, 3.63) is 35.7 Å². The normalized spacial score (nSPS) is 10.4. The highest BCUT2D eigenvalue weighted by atomic mass is 16.3. The summed E-state index contributed by atoms with van der Waals surface area (Å²) < 4.78 is 1.59. The molecule has 5 heteroatoms. The van der Waals surface area contributed by atoms with Crippen molar-refractivity contribution < 1.29 is 5.11 Å². The van der Waals surface area contributed by atoms with Gasteiger partial charge in [0, 0.05) is 0 Å². The maximum absolute atomic E-state index is 8.94. The summed E-state index contributed by atoms with van der Waals surface area (Å²) in [6, 6.07) is 5.65. The molecule has 2 aromatic rings. The van der Waals surface area contributed by atoms with Crippen LogP contribution in [0, 0.1) is 6.92 Å². The maximum Gasteiger partial charge on any atom is 0.143 e. The zero-order valence-corrected chi connectivity index (χ0v) is 7.75. The molecule has 0 spiro atoms. The predicted molar refractivity (Wildman–Crippen MR) is 49.8 cm³/mol. The third-order valence-corrected chi connectivity index (χ3v) is 2.04. The Kier molecular flexibility index (Phi) is 2.24. The quantitative estimate of drug-likeness (QED) is 0.747.